The third kappa shape index (κ3) is 5.33. The summed E-state index contributed by atoms with van der Waals surface area (Å²) < 4.78 is 7.10. The summed E-state index contributed by atoms with van der Waals surface area (Å²) in [5.74, 6) is 0.157. The van der Waals surface area contributed by atoms with Crippen molar-refractivity contribution < 1.29 is 14.3 Å². The number of hydrogen-bond donors (Lipinski definition) is 2. The number of aromatic nitrogens is 3. The molecule has 3 aromatic rings. The zero-order valence-corrected chi connectivity index (χ0v) is 17.7. The number of carbonyl (C=O) groups excluding carboxylic acids is 2. The lowest BCUT2D eigenvalue weighted by Crippen LogP contribution is -2.34. The fourth-order valence-electron chi connectivity index (χ4n) is 2.47. The number of ether oxygens (including phenoxy) is 1. The lowest BCUT2D eigenvalue weighted by Gasteiger charge is -2.10. The van der Waals surface area contributed by atoms with Gasteiger partial charge in [0.2, 0.25) is 5.91 Å². The van der Waals surface area contributed by atoms with Gasteiger partial charge in [-0.15, -0.1) is 0 Å². The minimum absolute atomic E-state index is 0.186. The Labute approximate surface area is 180 Å². The minimum Gasteiger partial charge on any atom is -0.494 e. The van der Waals surface area contributed by atoms with Gasteiger partial charge >= 0.3 is 0 Å². The van der Waals surface area contributed by atoms with Gasteiger partial charge in [-0.2, -0.15) is 5.10 Å². The molecule has 0 fully saturated rings. The van der Waals surface area contributed by atoms with Crippen molar-refractivity contribution in [1.82, 2.24) is 20.1 Å². The predicted octanol–water partition coefficient (Wildman–Crippen LogP) is 3.45. The molecular weight excluding hydrogens is 462 g/mol. The molecule has 1 aromatic carbocycles. The van der Waals surface area contributed by atoms with Crippen LogP contribution in [0.25, 0.3) is 5.82 Å². The largest absolute Gasteiger partial charge is 0.494 e. The Morgan fingerprint density at radius 2 is 2.00 bits per heavy atom. The minimum atomic E-state index is -0.494. The lowest BCUT2D eigenvalue weighted by atomic mass is 10.3. The van der Waals surface area contributed by atoms with Crippen molar-refractivity contribution in [3.8, 4) is 11.6 Å². The molecular formula is C19H17BrClN5O3. The van der Waals surface area contributed by atoms with E-state index in [1.807, 2.05) is 6.92 Å². The van der Waals surface area contributed by atoms with Crippen molar-refractivity contribution in [2.24, 2.45) is 0 Å². The molecule has 2 amide bonds. The summed E-state index contributed by atoms with van der Waals surface area (Å²) in [5.41, 5.74) is 0.784. The van der Waals surface area contributed by atoms with E-state index in [2.05, 4.69) is 36.6 Å². The summed E-state index contributed by atoms with van der Waals surface area (Å²) in [4.78, 5) is 28.9. The number of hydrogen-bond acceptors (Lipinski definition) is 5. The Hall–Kier alpha value is -2.91. The van der Waals surface area contributed by atoms with Crippen LogP contribution in [0.2, 0.25) is 5.02 Å². The van der Waals surface area contributed by atoms with Crippen molar-refractivity contribution in [2.45, 2.75) is 6.92 Å². The normalized spacial score (nSPS) is 10.4. The van der Waals surface area contributed by atoms with E-state index < -0.39 is 5.91 Å². The fourth-order valence-corrected chi connectivity index (χ4v) is 3.04. The van der Waals surface area contributed by atoms with E-state index in [4.69, 9.17) is 16.3 Å². The van der Waals surface area contributed by atoms with Gasteiger partial charge in [0, 0.05) is 18.0 Å². The SMILES string of the molecule is CCOc1ccc(NC(=O)CNC(=O)c2cc(Br)nn2-c2ncccc2Cl)cc1. The van der Waals surface area contributed by atoms with Gasteiger partial charge in [-0.05, 0) is 59.3 Å². The van der Waals surface area contributed by atoms with Crippen molar-refractivity contribution in [1.29, 1.82) is 0 Å². The molecule has 29 heavy (non-hydrogen) atoms. The smallest absolute Gasteiger partial charge is 0.270 e. The highest BCUT2D eigenvalue weighted by Gasteiger charge is 2.19. The summed E-state index contributed by atoms with van der Waals surface area (Å²) >= 11 is 9.39. The van der Waals surface area contributed by atoms with Crippen molar-refractivity contribution >= 4 is 45.0 Å². The van der Waals surface area contributed by atoms with E-state index in [-0.39, 0.29) is 18.1 Å². The molecule has 0 aliphatic carbocycles. The standard InChI is InChI=1S/C19H17BrClN5O3/c1-2-29-13-7-5-12(6-8-13)24-17(27)11-23-19(28)15-10-16(20)25-26(15)18-14(21)4-3-9-22-18/h3-10H,2,11H2,1H3,(H,23,28)(H,24,27). The molecule has 0 saturated heterocycles. The van der Waals surface area contributed by atoms with Crippen LogP contribution >= 0.6 is 27.5 Å². The zero-order chi connectivity index (χ0) is 20.8. The van der Waals surface area contributed by atoms with Gasteiger partial charge in [-0.25, -0.2) is 9.67 Å². The zero-order valence-electron chi connectivity index (χ0n) is 15.4. The summed E-state index contributed by atoms with van der Waals surface area (Å²) in [6.07, 6.45) is 1.54. The van der Waals surface area contributed by atoms with Gasteiger partial charge in [0.1, 0.15) is 16.0 Å². The van der Waals surface area contributed by atoms with Crippen molar-refractivity contribution in [2.75, 3.05) is 18.5 Å². The molecule has 0 aliphatic heterocycles. The second-order valence-electron chi connectivity index (χ2n) is 5.76. The highest BCUT2D eigenvalue weighted by molar-refractivity contribution is 9.10. The molecule has 0 saturated carbocycles. The summed E-state index contributed by atoms with van der Waals surface area (Å²) in [7, 11) is 0. The van der Waals surface area contributed by atoms with E-state index >= 15 is 0 Å². The van der Waals surface area contributed by atoms with Crippen molar-refractivity contribution in [3.63, 3.8) is 0 Å². The topological polar surface area (TPSA) is 98.1 Å². The number of carbonyl (C=O) groups is 2. The van der Waals surface area contributed by atoms with Crippen LogP contribution in [0.4, 0.5) is 5.69 Å². The summed E-state index contributed by atoms with van der Waals surface area (Å²) in [6, 6.07) is 11.8. The lowest BCUT2D eigenvalue weighted by molar-refractivity contribution is -0.115. The first kappa shape index (κ1) is 20.8. The number of nitrogens with zero attached hydrogens (tertiary/aromatic N) is 3. The van der Waals surface area contributed by atoms with E-state index in [1.54, 1.807) is 42.6 Å². The maximum Gasteiger partial charge on any atom is 0.270 e. The van der Waals surface area contributed by atoms with Gasteiger partial charge in [0.15, 0.2) is 5.82 Å². The second-order valence-corrected chi connectivity index (χ2v) is 6.98. The molecule has 8 nitrogen and oxygen atoms in total. The molecule has 10 heteroatoms. The van der Waals surface area contributed by atoms with Crippen LogP contribution in [0.1, 0.15) is 17.4 Å². The van der Waals surface area contributed by atoms with Gasteiger partial charge < -0.3 is 15.4 Å². The maximum absolute atomic E-state index is 12.6. The van der Waals surface area contributed by atoms with E-state index in [1.165, 1.54) is 10.7 Å². The average molecular weight is 479 g/mol. The van der Waals surface area contributed by atoms with Crippen LogP contribution in [0, 0.1) is 0 Å². The van der Waals surface area contributed by atoms with E-state index in [0.29, 0.717) is 33.5 Å². The molecule has 150 valence electrons. The van der Waals surface area contributed by atoms with Gasteiger partial charge in [0.25, 0.3) is 5.91 Å². The average Bonchev–Trinajstić information content (AvgIpc) is 3.10. The molecule has 3 rings (SSSR count). The molecule has 0 aliphatic rings. The first-order valence-corrected chi connectivity index (χ1v) is 9.82. The Bertz CT molecular complexity index is 1020. The fraction of sp³-hybridized carbons (Fsp3) is 0.158. The van der Waals surface area contributed by atoms with E-state index in [0.717, 1.165) is 0 Å². The van der Waals surface area contributed by atoms with Crippen LogP contribution < -0.4 is 15.4 Å². The molecule has 2 heterocycles. The van der Waals surface area contributed by atoms with Gasteiger partial charge in [-0.3, -0.25) is 9.59 Å². The summed E-state index contributed by atoms with van der Waals surface area (Å²) in [6.45, 7) is 2.24. The number of pyridine rings is 1. The molecule has 0 spiro atoms. The number of amides is 2. The Kier molecular flexibility index (Phi) is 6.84. The van der Waals surface area contributed by atoms with Gasteiger partial charge in [-0.1, -0.05) is 11.6 Å². The number of benzene rings is 1. The monoisotopic (exact) mass is 477 g/mol. The molecule has 2 N–H and O–H groups in total. The number of halogens is 2. The molecule has 2 aromatic heterocycles. The van der Waals surface area contributed by atoms with Gasteiger partial charge in [0.05, 0.1) is 18.2 Å². The molecule has 0 atom stereocenters. The van der Waals surface area contributed by atoms with Crippen LogP contribution in [0.5, 0.6) is 5.75 Å². The third-order valence-electron chi connectivity index (χ3n) is 3.71. The predicted molar refractivity (Wildman–Crippen MR) is 113 cm³/mol. The molecule has 0 bridgehead atoms. The van der Waals surface area contributed by atoms with Crippen LogP contribution in [-0.2, 0) is 4.79 Å². The van der Waals surface area contributed by atoms with Crippen LogP contribution in [0.15, 0.2) is 53.3 Å². The Morgan fingerprint density at radius 1 is 1.24 bits per heavy atom. The molecule has 0 radical (unpaired) electrons. The third-order valence-corrected chi connectivity index (χ3v) is 4.39. The number of rotatable bonds is 7. The highest BCUT2D eigenvalue weighted by atomic mass is 79.9. The first-order chi connectivity index (χ1) is 14.0. The van der Waals surface area contributed by atoms with E-state index in [9.17, 15) is 9.59 Å². The van der Waals surface area contributed by atoms with Crippen LogP contribution in [0.3, 0.4) is 0 Å². The quantitative estimate of drug-likeness (QED) is 0.542. The van der Waals surface area contributed by atoms with Crippen molar-refractivity contribution in [3.05, 3.63) is 64.0 Å². The summed E-state index contributed by atoms with van der Waals surface area (Å²) in [5, 5.41) is 9.80. The van der Waals surface area contributed by atoms with Crippen LogP contribution in [-0.4, -0.2) is 39.7 Å². The second kappa shape index (κ2) is 9.53. The Morgan fingerprint density at radius 3 is 2.69 bits per heavy atom. The Balaban J connectivity index is 1.64. The maximum atomic E-state index is 12.6. The number of anilines is 1. The highest BCUT2D eigenvalue weighted by Crippen LogP contribution is 2.21. The first-order valence-electron chi connectivity index (χ1n) is 8.65. The number of nitrogens with one attached hydrogen (secondary N) is 2. The molecule has 0 unspecified atom stereocenters.